The third-order valence-electron chi connectivity index (χ3n) is 0.700. The van der Waals surface area contributed by atoms with Gasteiger partial charge in [0.15, 0.2) is 0 Å². The minimum atomic E-state index is 0.144. The van der Waals surface area contributed by atoms with Crippen molar-refractivity contribution >= 4 is 22.6 Å². The number of epoxide rings is 1. The lowest BCUT2D eigenvalue weighted by molar-refractivity contribution is 0.244. The Morgan fingerprint density at radius 3 is 2.33 bits per heavy atom. The van der Waals surface area contributed by atoms with Gasteiger partial charge in [-0.05, 0) is 22.6 Å². The highest BCUT2D eigenvalue weighted by molar-refractivity contribution is 14.1. The molecule has 1 aliphatic rings. The van der Waals surface area contributed by atoms with Crippen molar-refractivity contribution in [2.75, 3.05) is 6.61 Å². The van der Waals surface area contributed by atoms with Crippen molar-refractivity contribution in [2.45, 2.75) is 10.2 Å². The zero-order chi connectivity index (χ0) is 4.57. The number of aliphatic hydroxyl groups is 1. The predicted octanol–water partition coefficient (Wildman–Crippen LogP) is 0.139. The molecule has 0 aliphatic carbocycles. The fraction of sp³-hybridized carbons (Fsp3) is 1.00. The monoisotopic (exact) mass is 200 g/mol. The van der Waals surface area contributed by atoms with E-state index in [4.69, 9.17) is 9.84 Å². The van der Waals surface area contributed by atoms with Crippen LogP contribution in [0.4, 0.5) is 0 Å². The highest BCUT2D eigenvalue weighted by Gasteiger charge is 2.34. The molecule has 0 spiro atoms. The number of halogens is 1. The molecule has 1 rings (SSSR count). The second kappa shape index (κ2) is 1.63. The van der Waals surface area contributed by atoms with Gasteiger partial charge in [0, 0.05) is 0 Å². The molecule has 6 heavy (non-hydrogen) atoms. The number of rotatable bonds is 1. The summed E-state index contributed by atoms with van der Waals surface area (Å²) in [5.41, 5.74) is 0. The van der Waals surface area contributed by atoms with Crippen LogP contribution in [0.3, 0.4) is 0 Å². The quantitative estimate of drug-likeness (QED) is 0.371. The van der Waals surface area contributed by atoms with Crippen LogP contribution in [0.15, 0.2) is 0 Å². The van der Waals surface area contributed by atoms with Crippen molar-refractivity contribution in [2.24, 2.45) is 0 Å². The first-order chi connectivity index (χ1) is 2.84. The first-order valence-corrected chi connectivity index (χ1v) is 2.99. The molecule has 1 aliphatic heterocycles. The van der Waals surface area contributed by atoms with Crippen LogP contribution in [0.5, 0.6) is 0 Å². The van der Waals surface area contributed by atoms with E-state index in [2.05, 4.69) is 22.6 Å². The minimum absolute atomic E-state index is 0.144. The van der Waals surface area contributed by atoms with Crippen molar-refractivity contribution in [3.63, 3.8) is 0 Å². The van der Waals surface area contributed by atoms with Gasteiger partial charge in [0.25, 0.3) is 0 Å². The van der Waals surface area contributed by atoms with Gasteiger partial charge in [-0.3, -0.25) is 0 Å². The van der Waals surface area contributed by atoms with Crippen LogP contribution in [-0.4, -0.2) is 21.9 Å². The lowest BCUT2D eigenvalue weighted by Crippen LogP contribution is -1.92. The molecular weight excluding hydrogens is 195 g/mol. The van der Waals surface area contributed by atoms with E-state index in [1.54, 1.807) is 0 Å². The van der Waals surface area contributed by atoms with E-state index in [-0.39, 0.29) is 16.8 Å². The standard InChI is InChI=1S/C3H5IO2/c4-3-2(1-5)6-3/h2-3,5H,1H2/t2-,3+/m1/s1. The Balaban J connectivity index is 2.09. The van der Waals surface area contributed by atoms with Crippen LogP contribution in [0.25, 0.3) is 0 Å². The van der Waals surface area contributed by atoms with Crippen LogP contribution in [0.1, 0.15) is 0 Å². The summed E-state index contributed by atoms with van der Waals surface area (Å²) in [7, 11) is 0. The third-order valence-corrected chi connectivity index (χ3v) is 1.80. The molecule has 0 aromatic rings. The van der Waals surface area contributed by atoms with Crippen molar-refractivity contribution < 1.29 is 9.84 Å². The SMILES string of the molecule is OC[C@H]1O[C@@H]1I. The minimum Gasteiger partial charge on any atom is -0.394 e. The molecule has 2 nitrogen and oxygen atoms in total. The second-order valence-electron chi connectivity index (χ2n) is 1.21. The zero-order valence-corrected chi connectivity index (χ0v) is 5.25. The Bertz CT molecular complexity index is 54.8. The summed E-state index contributed by atoms with van der Waals surface area (Å²) in [5.74, 6) is 0. The number of hydrogen-bond acceptors (Lipinski definition) is 2. The van der Waals surface area contributed by atoms with E-state index in [1.165, 1.54) is 0 Å². The fourth-order valence-corrected chi connectivity index (χ4v) is 0.852. The highest BCUT2D eigenvalue weighted by Crippen LogP contribution is 2.26. The topological polar surface area (TPSA) is 32.8 Å². The summed E-state index contributed by atoms with van der Waals surface area (Å²) in [6.07, 6.45) is 0.144. The molecule has 0 unspecified atom stereocenters. The summed E-state index contributed by atoms with van der Waals surface area (Å²) < 4.78 is 5.09. The molecule has 0 aromatic carbocycles. The van der Waals surface area contributed by atoms with Gasteiger partial charge in [0.05, 0.1) is 6.61 Å². The van der Waals surface area contributed by atoms with Crippen molar-refractivity contribution in [3.05, 3.63) is 0 Å². The lowest BCUT2D eigenvalue weighted by Gasteiger charge is -1.72. The zero-order valence-electron chi connectivity index (χ0n) is 3.10. The lowest BCUT2D eigenvalue weighted by atomic mass is 10.5. The van der Waals surface area contributed by atoms with Gasteiger partial charge in [0.1, 0.15) is 10.2 Å². The van der Waals surface area contributed by atoms with Crippen LogP contribution in [0, 0.1) is 0 Å². The molecule has 0 aromatic heterocycles. The average molecular weight is 200 g/mol. The molecule has 0 amide bonds. The molecule has 1 fully saturated rings. The molecular formula is C3H5IO2. The highest BCUT2D eigenvalue weighted by atomic mass is 127. The Kier molecular flexibility index (Phi) is 1.31. The van der Waals surface area contributed by atoms with Gasteiger partial charge in [-0.15, -0.1) is 0 Å². The van der Waals surface area contributed by atoms with E-state index in [1.807, 2.05) is 0 Å². The summed E-state index contributed by atoms with van der Waals surface area (Å²) >= 11 is 2.13. The van der Waals surface area contributed by atoms with Gasteiger partial charge in [-0.25, -0.2) is 0 Å². The van der Waals surface area contributed by atoms with E-state index in [0.717, 1.165) is 0 Å². The Hall–Kier alpha value is 0.650. The largest absolute Gasteiger partial charge is 0.394 e. The molecule has 1 saturated heterocycles. The van der Waals surface area contributed by atoms with E-state index >= 15 is 0 Å². The van der Waals surface area contributed by atoms with Crippen molar-refractivity contribution in [1.82, 2.24) is 0 Å². The maximum absolute atomic E-state index is 8.25. The second-order valence-corrected chi connectivity index (χ2v) is 2.44. The van der Waals surface area contributed by atoms with Crippen LogP contribution in [0.2, 0.25) is 0 Å². The molecule has 1 N–H and O–H groups in total. The molecule has 0 bridgehead atoms. The number of hydrogen-bond donors (Lipinski definition) is 1. The fourth-order valence-electron chi connectivity index (χ4n) is 0.248. The van der Waals surface area contributed by atoms with Gasteiger partial charge in [-0.2, -0.15) is 0 Å². The first-order valence-electron chi connectivity index (χ1n) is 1.75. The smallest absolute Gasteiger partial charge is 0.137 e. The third kappa shape index (κ3) is 0.828. The molecule has 0 saturated carbocycles. The van der Waals surface area contributed by atoms with Crippen molar-refractivity contribution in [3.8, 4) is 0 Å². The molecule has 1 heterocycles. The number of aliphatic hydroxyl groups excluding tert-OH is 1. The van der Waals surface area contributed by atoms with Gasteiger partial charge >= 0.3 is 0 Å². The first kappa shape index (κ1) is 4.80. The van der Waals surface area contributed by atoms with Crippen LogP contribution < -0.4 is 0 Å². The maximum Gasteiger partial charge on any atom is 0.137 e. The van der Waals surface area contributed by atoms with Gasteiger partial charge < -0.3 is 9.84 Å². The maximum atomic E-state index is 8.25. The van der Waals surface area contributed by atoms with Gasteiger partial charge in [0.2, 0.25) is 0 Å². The van der Waals surface area contributed by atoms with Crippen LogP contribution in [-0.2, 0) is 4.74 Å². The molecule has 0 radical (unpaired) electrons. The van der Waals surface area contributed by atoms with Crippen LogP contribution >= 0.6 is 22.6 Å². The van der Waals surface area contributed by atoms with Gasteiger partial charge in [-0.1, -0.05) is 0 Å². The van der Waals surface area contributed by atoms with E-state index in [9.17, 15) is 0 Å². The average Bonchev–Trinajstić information content (AvgIpc) is 2.19. The molecule has 36 valence electrons. The van der Waals surface area contributed by atoms with E-state index in [0.29, 0.717) is 0 Å². The number of ether oxygens (including phenoxy) is 1. The summed E-state index contributed by atoms with van der Waals surface area (Å²) in [4.78, 5) is 0. The van der Waals surface area contributed by atoms with E-state index < -0.39 is 0 Å². The van der Waals surface area contributed by atoms with Crippen molar-refractivity contribution in [1.29, 1.82) is 0 Å². The molecule has 3 heteroatoms. The summed E-state index contributed by atoms with van der Waals surface area (Å²) in [6.45, 7) is 0.174. The summed E-state index contributed by atoms with van der Waals surface area (Å²) in [6, 6.07) is 0. The summed E-state index contributed by atoms with van der Waals surface area (Å²) in [5, 5.41) is 8.25. The normalized spacial score (nSPS) is 43.0. The number of alkyl halides is 1. The predicted molar refractivity (Wildman–Crippen MR) is 29.8 cm³/mol. The Morgan fingerprint density at radius 1 is 1.83 bits per heavy atom. The Morgan fingerprint density at radius 2 is 2.33 bits per heavy atom. The Labute approximate surface area is 49.6 Å². The molecule has 2 atom stereocenters.